The first-order valence-electron chi connectivity index (χ1n) is 6.88. The number of hydrogen-bond donors (Lipinski definition) is 0. The Hall–Kier alpha value is -1.86. The first-order valence-corrected chi connectivity index (χ1v) is 8.88. The van der Waals surface area contributed by atoms with E-state index in [9.17, 15) is 0 Å². The molecule has 0 aliphatic carbocycles. The van der Waals surface area contributed by atoms with Gasteiger partial charge in [-0.1, -0.05) is 85.0 Å². The molecule has 2 aromatic rings. The summed E-state index contributed by atoms with van der Waals surface area (Å²) in [5.74, 6) is 0. The summed E-state index contributed by atoms with van der Waals surface area (Å²) in [6, 6.07) is 23.6. The third-order valence-electron chi connectivity index (χ3n) is 2.96. The van der Waals surface area contributed by atoms with Crippen molar-refractivity contribution >= 4 is 21.7 Å². The van der Waals surface area contributed by atoms with E-state index < -0.39 is 0 Å². The third kappa shape index (κ3) is 5.54. The molecule has 0 amide bonds. The minimum absolute atomic E-state index is 0.00594. The fourth-order valence-corrected chi connectivity index (χ4v) is 2.96. The van der Waals surface area contributed by atoms with Crippen molar-refractivity contribution in [2.45, 2.75) is 12.1 Å². The summed E-state index contributed by atoms with van der Waals surface area (Å²) < 4.78 is 0. The molecule has 0 aliphatic rings. The van der Waals surface area contributed by atoms with E-state index in [0.29, 0.717) is 0 Å². The van der Waals surface area contributed by atoms with Crippen LogP contribution in [0.3, 0.4) is 0 Å². The van der Waals surface area contributed by atoms with Gasteiger partial charge in [-0.2, -0.15) is 0 Å². The van der Waals surface area contributed by atoms with Crippen LogP contribution in [-0.2, 0) is 0 Å². The van der Waals surface area contributed by atoms with E-state index in [4.69, 9.17) is 0 Å². The van der Waals surface area contributed by atoms with Gasteiger partial charge in [0.2, 0.25) is 0 Å². The number of hydrogen-bond acceptors (Lipinski definition) is 0. The van der Waals surface area contributed by atoms with Crippen molar-refractivity contribution in [1.82, 2.24) is 0 Å². The molecule has 0 saturated heterocycles. The highest BCUT2D eigenvalue weighted by molar-refractivity contribution is 6.37. The van der Waals surface area contributed by atoms with Gasteiger partial charge in [0.1, 0.15) is 0 Å². The van der Waals surface area contributed by atoms with Crippen molar-refractivity contribution in [2.24, 2.45) is 0 Å². The number of allylic oxidation sites excluding steroid dienone is 2. The van der Waals surface area contributed by atoms with Crippen LogP contribution in [0.2, 0.25) is 12.1 Å². The van der Waals surface area contributed by atoms with E-state index >= 15 is 0 Å². The molecule has 0 unspecified atom stereocenters. The Morgan fingerprint density at radius 3 is 1.47 bits per heavy atom. The number of rotatable bonds is 6. The van der Waals surface area contributed by atoms with Crippen molar-refractivity contribution in [3.05, 3.63) is 83.9 Å². The molecule has 0 aromatic heterocycles. The zero-order valence-electron chi connectivity index (χ0n) is 11.2. The smallest absolute Gasteiger partial charge is 0.0281 e. The van der Waals surface area contributed by atoms with Gasteiger partial charge in [-0.25, -0.2) is 0 Å². The van der Waals surface area contributed by atoms with Crippen molar-refractivity contribution in [3.8, 4) is 0 Å². The van der Waals surface area contributed by atoms with Gasteiger partial charge in [-0.15, -0.1) is 0 Å². The van der Waals surface area contributed by atoms with E-state index in [1.165, 1.54) is 23.2 Å². The molecule has 2 rings (SSSR count). The quantitative estimate of drug-likeness (QED) is 0.535. The van der Waals surface area contributed by atoms with Crippen LogP contribution in [0.25, 0.3) is 12.2 Å². The lowest BCUT2D eigenvalue weighted by atomic mass is 10.2. The molecule has 0 radical (unpaired) electrons. The summed E-state index contributed by atoms with van der Waals surface area (Å²) in [6.45, 7) is 0. The van der Waals surface area contributed by atoms with Gasteiger partial charge in [-0.3, -0.25) is 0 Å². The maximum atomic E-state index is 2.32. The van der Waals surface area contributed by atoms with Crippen molar-refractivity contribution in [1.29, 1.82) is 0 Å². The monoisotopic (exact) mass is 264 g/mol. The van der Waals surface area contributed by atoms with Crippen molar-refractivity contribution in [2.75, 3.05) is 0 Å². The fraction of sp³-hybridized carbons (Fsp3) is 0.111. The molecular weight excluding hydrogens is 244 g/mol. The van der Waals surface area contributed by atoms with E-state index in [1.807, 2.05) is 0 Å². The van der Waals surface area contributed by atoms with E-state index in [0.717, 1.165) is 0 Å². The number of benzene rings is 2. The molecule has 0 fully saturated rings. The van der Waals surface area contributed by atoms with Crippen LogP contribution >= 0.6 is 0 Å². The van der Waals surface area contributed by atoms with Gasteiger partial charge in [0, 0.05) is 9.52 Å². The minimum Gasteiger partial charge on any atom is -0.0871 e. The Kier molecular flexibility index (Phi) is 5.91. The summed E-state index contributed by atoms with van der Waals surface area (Å²) in [5, 5.41) is 0. The molecule has 1 heteroatoms. The second-order valence-electron chi connectivity index (χ2n) is 4.56. The van der Waals surface area contributed by atoms with Crippen LogP contribution in [0.4, 0.5) is 0 Å². The summed E-state index contributed by atoms with van der Waals surface area (Å²) in [7, 11) is 0.00594. The molecule has 0 nitrogen and oxygen atoms in total. The zero-order chi connectivity index (χ0) is 13.2. The summed E-state index contributed by atoms with van der Waals surface area (Å²) in [5.41, 5.74) is 2.60. The van der Waals surface area contributed by atoms with Gasteiger partial charge in [0.25, 0.3) is 0 Å². The van der Waals surface area contributed by atoms with E-state index in [2.05, 4.69) is 85.0 Å². The van der Waals surface area contributed by atoms with Crippen molar-refractivity contribution in [3.63, 3.8) is 0 Å². The maximum absolute atomic E-state index is 2.32. The minimum atomic E-state index is 0.00594. The molecule has 0 atom stereocenters. The second-order valence-corrected chi connectivity index (χ2v) is 6.42. The van der Waals surface area contributed by atoms with Crippen LogP contribution in [0.15, 0.2) is 72.8 Å². The lowest BCUT2D eigenvalue weighted by molar-refractivity contribution is 1.58. The van der Waals surface area contributed by atoms with Gasteiger partial charge >= 0.3 is 0 Å². The predicted molar refractivity (Wildman–Crippen MR) is 89.1 cm³/mol. The van der Waals surface area contributed by atoms with E-state index in [1.54, 1.807) is 0 Å². The standard InChI is InChI=1S/C18H20Si/c1-3-9-17(10-4-1)13-7-15-19-16-8-14-18-11-5-2-6-12-18/h1-14H,15-16,19H2. The highest BCUT2D eigenvalue weighted by Crippen LogP contribution is 2.04. The largest absolute Gasteiger partial charge is 0.0871 e. The molecule has 0 saturated carbocycles. The van der Waals surface area contributed by atoms with Crippen LogP contribution in [-0.4, -0.2) is 9.52 Å². The SMILES string of the molecule is C(=Cc1ccccc1)C[SiH2]CC=Cc1ccccc1. The average Bonchev–Trinajstić information content (AvgIpc) is 2.48. The van der Waals surface area contributed by atoms with Gasteiger partial charge in [0.15, 0.2) is 0 Å². The van der Waals surface area contributed by atoms with Crippen LogP contribution < -0.4 is 0 Å². The normalized spacial score (nSPS) is 12.0. The molecule has 0 spiro atoms. The van der Waals surface area contributed by atoms with Gasteiger partial charge in [0.05, 0.1) is 0 Å². The van der Waals surface area contributed by atoms with Crippen LogP contribution in [0.5, 0.6) is 0 Å². The third-order valence-corrected chi connectivity index (χ3v) is 4.44. The molecular formula is C18H20Si. The van der Waals surface area contributed by atoms with E-state index in [-0.39, 0.29) is 9.52 Å². The Morgan fingerprint density at radius 1 is 0.632 bits per heavy atom. The summed E-state index contributed by atoms with van der Waals surface area (Å²) in [4.78, 5) is 0. The Balaban J connectivity index is 1.65. The molecule has 19 heavy (non-hydrogen) atoms. The second kappa shape index (κ2) is 8.28. The first kappa shape index (κ1) is 13.6. The fourth-order valence-electron chi connectivity index (χ4n) is 1.92. The van der Waals surface area contributed by atoms with Gasteiger partial charge < -0.3 is 0 Å². The molecule has 0 heterocycles. The summed E-state index contributed by atoms with van der Waals surface area (Å²) >= 11 is 0. The Morgan fingerprint density at radius 2 is 1.05 bits per heavy atom. The average molecular weight is 264 g/mol. The zero-order valence-corrected chi connectivity index (χ0v) is 12.6. The highest BCUT2D eigenvalue weighted by Gasteiger charge is 1.86. The predicted octanol–water partition coefficient (Wildman–Crippen LogP) is 4.42. The molecule has 2 aromatic carbocycles. The molecule has 0 N–H and O–H groups in total. The molecule has 0 aliphatic heterocycles. The molecule has 0 bridgehead atoms. The van der Waals surface area contributed by atoms with Crippen LogP contribution in [0, 0.1) is 0 Å². The van der Waals surface area contributed by atoms with Crippen LogP contribution in [0.1, 0.15) is 11.1 Å². The topological polar surface area (TPSA) is 0 Å². The first-order chi connectivity index (χ1) is 9.45. The Bertz CT molecular complexity index is 462. The maximum Gasteiger partial charge on any atom is 0.0281 e. The summed E-state index contributed by atoms with van der Waals surface area (Å²) in [6.07, 6.45) is 9.09. The lowest BCUT2D eigenvalue weighted by Gasteiger charge is -1.93. The Labute approximate surface area is 118 Å². The highest BCUT2D eigenvalue weighted by atomic mass is 28.2. The molecule has 96 valence electrons. The van der Waals surface area contributed by atoms with Gasteiger partial charge in [-0.05, 0) is 23.2 Å². The van der Waals surface area contributed by atoms with Crippen molar-refractivity contribution < 1.29 is 0 Å². The lowest BCUT2D eigenvalue weighted by Crippen LogP contribution is -1.82.